The summed E-state index contributed by atoms with van der Waals surface area (Å²) in [5.74, 6) is 0.786. The number of phenolic OH excluding ortho intramolecular Hbond substituents is 1. The molecule has 7 heteroatoms. The molecule has 0 aliphatic carbocycles. The maximum Gasteiger partial charge on any atom is 0.336 e. The molecule has 1 aliphatic rings. The van der Waals surface area contributed by atoms with Crippen LogP contribution in [0, 0.1) is 0 Å². The molecule has 1 saturated heterocycles. The van der Waals surface area contributed by atoms with Gasteiger partial charge in [-0.05, 0) is 36.4 Å². The van der Waals surface area contributed by atoms with Crippen molar-refractivity contribution in [1.29, 1.82) is 0 Å². The average Bonchev–Trinajstić information content (AvgIpc) is 3.50. The Balaban J connectivity index is 0.000000143. The fourth-order valence-electron chi connectivity index (χ4n) is 2.53. The highest BCUT2D eigenvalue weighted by atomic mass is 16.6. The van der Waals surface area contributed by atoms with Crippen LogP contribution in [0.1, 0.15) is 0 Å². The number of phenols is 1. The number of epoxide rings is 1. The summed E-state index contributed by atoms with van der Waals surface area (Å²) in [5, 5.41) is 10.7. The van der Waals surface area contributed by atoms with E-state index in [9.17, 15) is 9.59 Å². The van der Waals surface area contributed by atoms with Gasteiger partial charge in [-0.2, -0.15) is 0 Å². The molecule has 0 saturated carbocycles. The lowest BCUT2D eigenvalue weighted by atomic mass is 10.2. The summed E-state index contributed by atoms with van der Waals surface area (Å²) in [7, 11) is 0. The lowest BCUT2D eigenvalue weighted by Gasteiger charge is -2.04. The van der Waals surface area contributed by atoms with Crippen molar-refractivity contribution in [3.8, 4) is 11.5 Å². The van der Waals surface area contributed by atoms with E-state index >= 15 is 0 Å². The first-order valence-electron chi connectivity index (χ1n) is 8.58. The first-order chi connectivity index (χ1) is 13.6. The van der Waals surface area contributed by atoms with Gasteiger partial charge in [0.15, 0.2) is 0 Å². The van der Waals surface area contributed by atoms with Crippen LogP contribution in [-0.2, 0) is 4.74 Å². The van der Waals surface area contributed by atoms with E-state index in [1.165, 1.54) is 18.2 Å². The number of aromatic hydroxyl groups is 1. The van der Waals surface area contributed by atoms with Crippen LogP contribution in [0.2, 0.25) is 0 Å². The Kier molecular flexibility index (Phi) is 4.82. The zero-order valence-electron chi connectivity index (χ0n) is 14.7. The summed E-state index contributed by atoms with van der Waals surface area (Å²) in [6, 6.07) is 16.2. The maximum absolute atomic E-state index is 11.0. The molecule has 2 aromatic carbocycles. The molecule has 2 aromatic heterocycles. The highest BCUT2D eigenvalue weighted by Gasteiger charge is 2.23. The van der Waals surface area contributed by atoms with Crippen molar-refractivity contribution in [3.05, 3.63) is 81.5 Å². The molecule has 0 radical (unpaired) electrons. The molecule has 1 unspecified atom stereocenters. The quantitative estimate of drug-likeness (QED) is 0.430. The first kappa shape index (κ1) is 17.8. The Bertz CT molecular complexity index is 1230. The first-order valence-corrected chi connectivity index (χ1v) is 8.58. The Morgan fingerprint density at radius 1 is 0.857 bits per heavy atom. The van der Waals surface area contributed by atoms with Crippen molar-refractivity contribution in [1.82, 2.24) is 0 Å². The molecule has 5 rings (SSSR count). The van der Waals surface area contributed by atoms with Crippen LogP contribution in [-0.4, -0.2) is 24.4 Å². The second-order valence-electron chi connectivity index (χ2n) is 6.20. The molecule has 1 aliphatic heterocycles. The van der Waals surface area contributed by atoms with E-state index in [4.69, 9.17) is 23.4 Å². The van der Waals surface area contributed by atoms with Crippen LogP contribution in [0.25, 0.3) is 21.9 Å². The van der Waals surface area contributed by atoms with Crippen molar-refractivity contribution in [2.75, 3.05) is 13.2 Å². The molecule has 3 heterocycles. The minimum Gasteiger partial charge on any atom is -0.508 e. The predicted molar refractivity (Wildman–Crippen MR) is 102 cm³/mol. The van der Waals surface area contributed by atoms with E-state index in [-0.39, 0.29) is 17.5 Å². The van der Waals surface area contributed by atoms with Crippen LogP contribution in [0.15, 0.2) is 79.1 Å². The number of hydrogen-bond donors (Lipinski definition) is 1. The van der Waals surface area contributed by atoms with E-state index < -0.39 is 5.63 Å². The molecule has 7 nitrogen and oxygen atoms in total. The molecule has 142 valence electrons. The molecular weight excluding hydrogens is 364 g/mol. The van der Waals surface area contributed by atoms with Crippen molar-refractivity contribution in [2.24, 2.45) is 0 Å². The largest absolute Gasteiger partial charge is 0.508 e. The molecule has 1 atom stereocenters. The maximum atomic E-state index is 11.0. The number of fused-ring (bicyclic) bond motifs is 2. The van der Waals surface area contributed by atoms with E-state index in [0.29, 0.717) is 23.5 Å². The third-order valence-corrected chi connectivity index (χ3v) is 4.04. The van der Waals surface area contributed by atoms with Gasteiger partial charge in [0, 0.05) is 35.0 Å². The van der Waals surface area contributed by atoms with Crippen LogP contribution >= 0.6 is 0 Å². The number of benzene rings is 2. The monoisotopic (exact) mass is 380 g/mol. The van der Waals surface area contributed by atoms with E-state index in [2.05, 4.69) is 0 Å². The smallest absolute Gasteiger partial charge is 0.336 e. The van der Waals surface area contributed by atoms with Crippen LogP contribution in [0.3, 0.4) is 0 Å². The SMILES string of the molecule is O=c1ccc2ccc(O)cc2o1.O=c1ccc2ccc(OCC3CO3)cc2o1. The highest BCUT2D eigenvalue weighted by Crippen LogP contribution is 2.21. The van der Waals surface area contributed by atoms with Gasteiger partial charge in [-0.3, -0.25) is 0 Å². The second-order valence-corrected chi connectivity index (χ2v) is 6.20. The number of rotatable bonds is 3. The highest BCUT2D eigenvalue weighted by molar-refractivity contribution is 5.78. The molecule has 1 N–H and O–H groups in total. The van der Waals surface area contributed by atoms with Crippen LogP contribution < -0.4 is 16.0 Å². The fraction of sp³-hybridized carbons (Fsp3) is 0.143. The van der Waals surface area contributed by atoms with E-state index in [0.717, 1.165) is 17.4 Å². The minimum atomic E-state index is -0.409. The Morgan fingerprint density at radius 2 is 1.43 bits per heavy atom. The third kappa shape index (κ3) is 4.39. The number of hydrogen-bond acceptors (Lipinski definition) is 7. The van der Waals surface area contributed by atoms with Crippen molar-refractivity contribution < 1.29 is 23.4 Å². The van der Waals surface area contributed by atoms with Gasteiger partial charge >= 0.3 is 11.3 Å². The zero-order valence-corrected chi connectivity index (χ0v) is 14.7. The molecule has 0 amide bonds. The topological polar surface area (TPSA) is 102 Å². The molecule has 1 fully saturated rings. The van der Waals surface area contributed by atoms with Crippen molar-refractivity contribution >= 4 is 21.9 Å². The summed E-state index contributed by atoms with van der Waals surface area (Å²) in [6.45, 7) is 1.31. The summed E-state index contributed by atoms with van der Waals surface area (Å²) < 4.78 is 20.4. The standard InChI is InChI=1S/C12H10O4.C9H6O3/c13-12-4-2-8-1-3-9(5-11(8)16-12)14-6-10-7-15-10;10-7-3-1-6-2-4-9(11)12-8(6)5-7/h1-5,10H,6-7H2;1-5,10H. The van der Waals surface area contributed by atoms with Gasteiger partial charge in [-0.15, -0.1) is 0 Å². The predicted octanol–water partition coefficient (Wildman–Crippen LogP) is 3.07. The van der Waals surface area contributed by atoms with Crippen LogP contribution in [0.4, 0.5) is 0 Å². The minimum absolute atomic E-state index is 0.0943. The Hall–Kier alpha value is -3.58. The Labute approximate surface area is 158 Å². The lowest BCUT2D eigenvalue weighted by Crippen LogP contribution is -2.04. The van der Waals surface area contributed by atoms with Gasteiger partial charge in [0.05, 0.1) is 6.61 Å². The van der Waals surface area contributed by atoms with E-state index in [1.54, 1.807) is 30.3 Å². The van der Waals surface area contributed by atoms with Crippen molar-refractivity contribution in [2.45, 2.75) is 6.10 Å². The summed E-state index contributed by atoms with van der Waals surface area (Å²) in [5.41, 5.74) is 0.187. The Morgan fingerprint density at radius 3 is 2.07 bits per heavy atom. The molecule has 4 aromatic rings. The summed E-state index contributed by atoms with van der Waals surface area (Å²) in [4.78, 5) is 21.8. The van der Waals surface area contributed by atoms with Crippen molar-refractivity contribution in [3.63, 3.8) is 0 Å². The molecule has 0 bridgehead atoms. The van der Waals surface area contributed by atoms with Gasteiger partial charge in [-0.25, -0.2) is 9.59 Å². The summed E-state index contributed by atoms with van der Waals surface area (Å²) in [6.07, 6.45) is 0.221. The zero-order chi connectivity index (χ0) is 19.5. The van der Waals surface area contributed by atoms with Gasteiger partial charge in [0.25, 0.3) is 0 Å². The molecule has 0 spiro atoms. The molecular formula is C21H16O7. The van der Waals surface area contributed by atoms with Gasteiger partial charge in [0.2, 0.25) is 0 Å². The second kappa shape index (κ2) is 7.58. The fourth-order valence-corrected chi connectivity index (χ4v) is 2.53. The van der Waals surface area contributed by atoms with Crippen LogP contribution in [0.5, 0.6) is 11.5 Å². The number of ether oxygens (including phenoxy) is 2. The third-order valence-electron chi connectivity index (χ3n) is 4.04. The van der Waals surface area contributed by atoms with E-state index in [1.807, 2.05) is 12.1 Å². The van der Waals surface area contributed by atoms with Gasteiger partial charge in [-0.1, -0.05) is 0 Å². The average molecular weight is 380 g/mol. The summed E-state index contributed by atoms with van der Waals surface area (Å²) >= 11 is 0. The van der Waals surface area contributed by atoms with Gasteiger partial charge in [0.1, 0.15) is 35.4 Å². The van der Waals surface area contributed by atoms with Gasteiger partial charge < -0.3 is 23.4 Å². The molecule has 28 heavy (non-hydrogen) atoms. The lowest BCUT2D eigenvalue weighted by molar-refractivity contribution is 0.263. The normalized spacial score (nSPS) is 15.1.